The van der Waals surface area contributed by atoms with E-state index in [9.17, 15) is 13.6 Å². The Morgan fingerprint density at radius 3 is 2.57 bits per heavy atom. The number of thiazole rings is 1. The molecule has 1 N–H and O–H groups in total. The van der Waals surface area contributed by atoms with Crippen molar-refractivity contribution in [3.05, 3.63) is 40.4 Å². The predicted molar refractivity (Wildman–Crippen MR) is 76.2 cm³/mol. The number of aromatic nitrogens is 1. The summed E-state index contributed by atoms with van der Waals surface area (Å²) in [5.41, 5.74) is 0.182. The first-order valence-electron chi connectivity index (χ1n) is 6.23. The number of carbonyl (C=O) groups is 1. The van der Waals surface area contributed by atoms with Gasteiger partial charge >= 0.3 is 0 Å². The minimum absolute atomic E-state index is 0.129. The van der Waals surface area contributed by atoms with Crippen LogP contribution in [0, 0.1) is 18.6 Å². The molecule has 0 spiro atoms. The molecule has 2 aromatic rings. The average molecular weight is 312 g/mol. The number of amides is 1. The van der Waals surface area contributed by atoms with E-state index in [0.29, 0.717) is 10.6 Å². The Balaban J connectivity index is 2.42. The number of rotatable bonds is 4. The molecule has 4 nitrogen and oxygen atoms in total. The first kappa shape index (κ1) is 15.5. The molecule has 2 rings (SSSR count). The topological polar surface area (TPSA) is 53.4 Å². The molecule has 1 heterocycles. The highest BCUT2D eigenvalue weighted by molar-refractivity contribution is 7.17. The molecule has 0 radical (unpaired) electrons. The van der Waals surface area contributed by atoms with Crippen LogP contribution in [-0.2, 0) is 0 Å². The van der Waals surface area contributed by atoms with Gasteiger partial charge in [0.1, 0.15) is 21.5 Å². The molecule has 0 atom stereocenters. The Bertz CT molecular complexity index is 653. The number of carbonyl (C=O) groups excluding carboxylic acids is 1. The lowest BCUT2D eigenvalue weighted by atomic mass is 10.2. The maximum Gasteiger partial charge on any atom is 0.265 e. The van der Waals surface area contributed by atoms with Crippen molar-refractivity contribution in [2.75, 3.05) is 20.2 Å². The maximum atomic E-state index is 13.8. The van der Waals surface area contributed by atoms with Crippen LogP contribution in [0.5, 0.6) is 0 Å². The summed E-state index contributed by atoms with van der Waals surface area (Å²) in [5.74, 6) is -1.76. The maximum absolute atomic E-state index is 13.8. The molecule has 0 aliphatic rings. The van der Waals surface area contributed by atoms with E-state index < -0.39 is 11.6 Å². The lowest BCUT2D eigenvalue weighted by molar-refractivity contribution is 0.0771. The Morgan fingerprint density at radius 2 is 2.00 bits per heavy atom. The molecule has 1 aromatic carbocycles. The number of nitrogens with zero attached hydrogens (tertiary/aromatic N) is 2. The Morgan fingerprint density at radius 1 is 1.38 bits per heavy atom. The second-order valence-electron chi connectivity index (χ2n) is 4.48. The Hall–Kier alpha value is -1.86. The molecule has 1 amide bonds. The zero-order valence-corrected chi connectivity index (χ0v) is 12.4. The molecule has 0 aliphatic heterocycles. The highest BCUT2D eigenvalue weighted by Gasteiger charge is 2.22. The molecular weight excluding hydrogens is 298 g/mol. The number of aryl methyl sites for hydroxylation is 1. The van der Waals surface area contributed by atoms with Gasteiger partial charge in [0.15, 0.2) is 0 Å². The van der Waals surface area contributed by atoms with E-state index in [1.165, 1.54) is 11.0 Å². The Labute approximate surface area is 124 Å². The van der Waals surface area contributed by atoms with Gasteiger partial charge in [0.25, 0.3) is 5.91 Å². The van der Waals surface area contributed by atoms with Gasteiger partial charge in [-0.1, -0.05) is 6.07 Å². The molecular formula is C14H14F2N2O2S. The quantitative estimate of drug-likeness (QED) is 0.943. The largest absolute Gasteiger partial charge is 0.395 e. The van der Waals surface area contributed by atoms with Crippen molar-refractivity contribution in [1.82, 2.24) is 9.88 Å². The Kier molecular flexibility index (Phi) is 4.64. The highest BCUT2D eigenvalue weighted by Crippen LogP contribution is 2.32. The van der Waals surface area contributed by atoms with Gasteiger partial charge in [-0.05, 0) is 19.1 Å². The molecule has 0 aliphatic carbocycles. The van der Waals surface area contributed by atoms with E-state index in [4.69, 9.17) is 5.11 Å². The number of aliphatic hydroxyl groups excluding tert-OH is 1. The van der Waals surface area contributed by atoms with Gasteiger partial charge in [0, 0.05) is 13.6 Å². The van der Waals surface area contributed by atoms with E-state index in [1.54, 1.807) is 14.0 Å². The second-order valence-corrected chi connectivity index (χ2v) is 5.48. The lowest BCUT2D eigenvalue weighted by Crippen LogP contribution is -2.29. The molecule has 7 heteroatoms. The molecule has 0 saturated carbocycles. The second kappa shape index (κ2) is 6.28. The van der Waals surface area contributed by atoms with Crippen molar-refractivity contribution in [1.29, 1.82) is 0 Å². The molecule has 0 bridgehead atoms. The van der Waals surface area contributed by atoms with Crippen LogP contribution < -0.4 is 0 Å². The van der Waals surface area contributed by atoms with Crippen LogP contribution in [0.25, 0.3) is 10.6 Å². The predicted octanol–water partition coefficient (Wildman–Crippen LogP) is 2.46. The van der Waals surface area contributed by atoms with Crippen molar-refractivity contribution in [3.8, 4) is 10.6 Å². The number of halogens is 2. The minimum atomic E-state index is -0.716. The van der Waals surface area contributed by atoms with E-state index in [1.807, 2.05) is 0 Å². The summed E-state index contributed by atoms with van der Waals surface area (Å²) >= 11 is 0.939. The number of hydrogen-bond acceptors (Lipinski definition) is 4. The van der Waals surface area contributed by atoms with Crippen LogP contribution in [0.3, 0.4) is 0 Å². The highest BCUT2D eigenvalue weighted by atomic mass is 32.1. The summed E-state index contributed by atoms with van der Waals surface area (Å²) in [7, 11) is 1.54. The van der Waals surface area contributed by atoms with Gasteiger partial charge in [-0.15, -0.1) is 11.3 Å². The van der Waals surface area contributed by atoms with E-state index in [-0.39, 0.29) is 29.6 Å². The lowest BCUT2D eigenvalue weighted by Gasteiger charge is -2.14. The van der Waals surface area contributed by atoms with E-state index in [2.05, 4.69) is 4.98 Å². The zero-order valence-electron chi connectivity index (χ0n) is 11.6. The van der Waals surface area contributed by atoms with E-state index in [0.717, 1.165) is 23.5 Å². The van der Waals surface area contributed by atoms with Gasteiger partial charge in [-0.25, -0.2) is 13.8 Å². The monoisotopic (exact) mass is 312 g/mol. The first-order valence-corrected chi connectivity index (χ1v) is 7.05. The summed E-state index contributed by atoms with van der Waals surface area (Å²) in [4.78, 5) is 17.9. The number of likely N-dealkylation sites (N-methyl/N-ethyl adjacent to an activating group) is 1. The van der Waals surface area contributed by atoms with Gasteiger partial charge in [-0.2, -0.15) is 0 Å². The van der Waals surface area contributed by atoms with Gasteiger partial charge in [-0.3, -0.25) is 4.79 Å². The molecule has 112 valence electrons. The van der Waals surface area contributed by atoms with Gasteiger partial charge < -0.3 is 10.0 Å². The third kappa shape index (κ3) is 3.08. The van der Waals surface area contributed by atoms with Crippen LogP contribution in [0.1, 0.15) is 15.4 Å². The summed E-state index contributed by atoms with van der Waals surface area (Å²) in [6.45, 7) is 1.63. The summed E-state index contributed by atoms with van der Waals surface area (Å²) in [6.07, 6.45) is 0. The van der Waals surface area contributed by atoms with Crippen LogP contribution >= 0.6 is 11.3 Å². The third-order valence-corrected chi connectivity index (χ3v) is 4.11. The number of aliphatic hydroxyl groups is 1. The fourth-order valence-corrected chi connectivity index (χ4v) is 2.94. The van der Waals surface area contributed by atoms with Gasteiger partial charge in [0.05, 0.1) is 17.9 Å². The summed E-state index contributed by atoms with van der Waals surface area (Å²) < 4.78 is 27.5. The average Bonchev–Trinajstić information content (AvgIpc) is 2.79. The fourth-order valence-electron chi connectivity index (χ4n) is 1.83. The van der Waals surface area contributed by atoms with Crippen LogP contribution in [-0.4, -0.2) is 41.1 Å². The molecule has 0 fully saturated rings. The van der Waals surface area contributed by atoms with Crippen LogP contribution in [0.2, 0.25) is 0 Å². The zero-order chi connectivity index (χ0) is 15.6. The smallest absolute Gasteiger partial charge is 0.265 e. The van der Waals surface area contributed by atoms with Crippen molar-refractivity contribution < 1.29 is 18.7 Å². The van der Waals surface area contributed by atoms with Crippen LogP contribution in [0.4, 0.5) is 8.78 Å². The molecule has 1 aromatic heterocycles. The van der Waals surface area contributed by atoms with E-state index >= 15 is 0 Å². The number of hydrogen-bond donors (Lipinski definition) is 1. The van der Waals surface area contributed by atoms with Crippen molar-refractivity contribution in [2.45, 2.75) is 6.92 Å². The van der Waals surface area contributed by atoms with Crippen LogP contribution in [0.15, 0.2) is 18.2 Å². The van der Waals surface area contributed by atoms with Gasteiger partial charge in [0.2, 0.25) is 0 Å². The normalized spacial score (nSPS) is 10.7. The van der Waals surface area contributed by atoms with Crippen molar-refractivity contribution >= 4 is 17.2 Å². The minimum Gasteiger partial charge on any atom is -0.395 e. The standard InChI is InChI=1S/C14H14F2N2O2S/c1-8-12(14(20)18(2)6-7-19)21-13(17-8)11-9(15)4-3-5-10(11)16/h3-5,19H,6-7H2,1-2H3. The third-order valence-electron chi connectivity index (χ3n) is 2.95. The summed E-state index contributed by atoms with van der Waals surface area (Å²) in [6, 6.07) is 3.57. The first-order chi connectivity index (χ1) is 9.95. The molecule has 0 saturated heterocycles. The molecule has 0 unspecified atom stereocenters. The number of benzene rings is 1. The fraction of sp³-hybridized carbons (Fsp3) is 0.286. The van der Waals surface area contributed by atoms with Crippen molar-refractivity contribution in [3.63, 3.8) is 0 Å². The molecule has 21 heavy (non-hydrogen) atoms. The van der Waals surface area contributed by atoms with Crippen molar-refractivity contribution in [2.24, 2.45) is 0 Å². The SMILES string of the molecule is Cc1nc(-c2c(F)cccc2F)sc1C(=O)N(C)CCO. The summed E-state index contributed by atoms with van der Waals surface area (Å²) in [5, 5.41) is 8.98.